The highest BCUT2D eigenvalue weighted by Gasteiger charge is 2.64. The number of carbonyl (C=O) groups is 2. The van der Waals surface area contributed by atoms with Gasteiger partial charge in [-0.2, -0.15) is 33.6 Å². The number of benzene rings is 2. The number of hydrogen-bond donors (Lipinski definition) is 2. The Labute approximate surface area is 322 Å². The number of halogens is 7. The highest BCUT2D eigenvalue weighted by Crippen LogP contribution is 2.49. The first-order chi connectivity index (χ1) is 26.2. The van der Waals surface area contributed by atoms with E-state index in [1.807, 2.05) is 26.1 Å². The summed E-state index contributed by atoms with van der Waals surface area (Å²) in [6.07, 6.45) is -7.36. The third-order valence-electron chi connectivity index (χ3n) is 9.69. The average molecular weight is 809 g/mol. The molecule has 56 heavy (non-hydrogen) atoms. The molecule has 2 aromatic carbocycles. The van der Waals surface area contributed by atoms with Crippen LogP contribution in [-0.4, -0.2) is 79.5 Å². The molecule has 3 aliphatic rings. The molecule has 0 radical (unpaired) electrons. The van der Waals surface area contributed by atoms with E-state index in [0.29, 0.717) is 5.71 Å². The van der Waals surface area contributed by atoms with Crippen molar-refractivity contribution >= 4 is 42.0 Å². The SMILES string of the molecule is C=NN(/N=C(\C)c1ccc([C@@]2(CC(C)(C)C)N=C(N)N([C@H](COC(=O)NC3(C(F)(F)F)CC3)c3ccc(Cl)c(-n4ncnc4C(F)F)c3)C2=O)cc1F)C1CC1. The van der Waals surface area contributed by atoms with Crippen molar-refractivity contribution in [3.8, 4) is 5.69 Å². The van der Waals surface area contributed by atoms with Crippen molar-refractivity contribution in [3.63, 3.8) is 0 Å². The average Bonchev–Trinajstić information content (AvgIpc) is 4.03. The van der Waals surface area contributed by atoms with Gasteiger partial charge in [0.15, 0.2) is 17.3 Å². The zero-order chi connectivity index (χ0) is 41.0. The first kappa shape index (κ1) is 40.5. The fourth-order valence-corrected chi connectivity index (χ4v) is 6.87. The lowest BCUT2D eigenvalue weighted by Gasteiger charge is -2.35. The maximum Gasteiger partial charge on any atom is 0.411 e. The Hall–Kier alpha value is -5.20. The summed E-state index contributed by atoms with van der Waals surface area (Å²) in [5.41, 5.74) is 2.10. The molecule has 13 nitrogen and oxygen atoms in total. The molecular weight excluding hydrogens is 770 g/mol. The molecule has 3 N–H and O–H groups in total. The second-order valence-electron chi connectivity index (χ2n) is 15.2. The lowest BCUT2D eigenvalue weighted by atomic mass is 9.75. The van der Waals surface area contributed by atoms with Crippen LogP contribution in [0.4, 0.5) is 31.1 Å². The first-order valence-corrected chi connectivity index (χ1v) is 17.9. The number of guanidine groups is 1. The second kappa shape index (κ2) is 14.7. The van der Waals surface area contributed by atoms with E-state index in [2.05, 4.69) is 32.0 Å². The van der Waals surface area contributed by atoms with Crippen molar-refractivity contribution in [1.29, 1.82) is 0 Å². The van der Waals surface area contributed by atoms with Gasteiger partial charge in [0.25, 0.3) is 12.3 Å². The maximum atomic E-state index is 16.0. The van der Waals surface area contributed by atoms with Crippen molar-refractivity contribution in [2.45, 2.75) is 95.6 Å². The number of amides is 2. The topological polar surface area (TPSA) is 156 Å². The lowest BCUT2D eigenvalue weighted by Crippen LogP contribution is -2.50. The van der Waals surface area contributed by atoms with E-state index in [4.69, 9.17) is 22.1 Å². The van der Waals surface area contributed by atoms with E-state index in [1.54, 1.807) is 6.92 Å². The Balaban J connectivity index is 1.41. The van der Waals surface area contributed by atoms with Crippen molar-refractivity contribution in [1.82, 2.24) is 30.1 Å². The van der Waals surface area contributed by atoms with Crippen molar-refractivity contribution in [3.05, 3.63) is 76.1 Å². The third-order valence-corrected chi connectivity index (χ3v) is 10.0. The Kier molecular flexibility index (Phi) is 10.6. The minimum atomic E-state index is -4.75. The summed E-state index contributed by atoms with van der Waals surface area (Å²) in [4.78, 5) is 37.1. The maximum absolute atomic E-state index is 16.0. The van der Waals surface area contributed by atoms with Crippen LogP contribution in [0.15, 0.2) is 57.9 Å². The molecule has 2 aliphatic carbocycles. The molecule has 3 aromatic rings. The summed E-state index contributed by atoms with van der Waals surface area (Å²) < 4.78 is 90.9. The van der Waals surface area contributed by atoms with E-state index in [-0.39, 0.29) is 52.7 Å². The number of ether oxygens (including phenoxy) is 1. The molecule has 300 valence electrons. The molecule has 1 aliphatic heterocycles. The summed E-state index contributed by atoms with van der Waals surface area (Å²) in [6.45, 7) is 9.84. The van der Waals surface area contributed by atoms with Gasteiger partial charge in [-0.05, 0) is 79.8 Å². The van der Waals surface area contributed by atoms with Gasteiger partial charge in [-0.15, -0.1) is 0 Å². The van der Waals surface area contributed by atoms with Gasteiger partial charge in [-0.3, -0.25) is 9.69 Å². The number of carbonyl (C=O) groups excluding carboxylic acids is 2. The van der Waals surface area contributed by atoms with Gasteiger partial charge in [0, 0.05) is 12.3 Å². The van der Waals surface area contributed by atoms with Crippen LogP contribution >= 0.6 is 11.6 Å². The van der Waals surface area contributed by atoms with Crippen molar-refractivity contribution < 1.29 is 40.7 Å². The summed E-state index contributed by atoms with van der Waals surface area (Å²) in [5.74, 6) is -2.66. The quantitative estimate of drug-likeness (QED) is 0.106. The highest BCUT2D eigenvalue weighted by atomic mass is 35.5. The van der Waals surface area contributed by atoms with Crippen LogP contribution < -0.4 is 11.1 Å². The molecule has 0 bridgehead atoms. The number of alkyl carbamates (subject to hydrolysis) is 1. The summed E-state index contributed by atoms with van der Waals surface area (Å²) in [5, 5.41) is 15.4. The van der Waals surface area contributed by atoms with Crippen molar-refractivity contribution in [2.75, 3.05) is 6.61 Å². The number of nitrogens with zero attached hydrogens (tertiary/aromatic N) is 8. The summed E-state index contributed by atoms with van der Waals surface area (Å²) in [6, 6.07) is 6.74. The molecule has 1 aromatic heterocycles. The smallest absolute Gasteiger partial charge is 0.411 e. The van der Waals surface area contributed by atoms with E-state index in [1.165, 1.54) is 35.4 Å². The molecule has 6 rings (SSSR count). The molecule has 2 atom stereocenters. The summed E-state index contributed by atoms with van der Waals surface area (Å²) >= 11 is 6.42. The van der Waals surface area contributed by atoms with Gasteiger partial charge < -0.3 is 15.8 Å². The predicted molar refractivity (Wildman–Crippen MR) is 194 cm³/mol. The number of alkyl halides is 5. The molecule has 0 unspecified atom stereocenters. The highest BCUT2D eigenvalue weighted by molar-refractivity contribution is 6.32. The van der Waals surface area contributed by atoms with E-state index >= 15 is 4.39 Å². The van der Waals surface area contributed by atoms with Gasteiger partial charge in [0.2, 0.25) is 0 Å². The van der Waals surface area contributed by atoms with Crippen LogP contribution in [0.1, 0.15) is 94.8 Å². The standard InChI is InChI=1S/C36H39ClF6N10O3/c1-19(50-53(45-5)22-8-9-22)23-10-7-21(15-25(23)38)35(17-33(2,3)4)30(54)51(31(44)48-35)27(16-56-32(55)49-34(12-13-34)36(41,42)43)20-6-11-24(37)26(14-20)52-29(28(39)40)46-18-47-52/h6-7,10-11,14-15,18,22,27-28H,5,8-9,12-13,16-17H2,1-4H3,(H2,44,48)(H,49,55)/b50-19+/t27-,35-/m1/s1. The lowest BCUT2D eigenvalue weighted by molar-refractivity contribution is -0.164. The molecule has 20 heteroatoms. The molecule has 2 fully saturated rings. The monoisotopic (exact) mass is 808 g/mol. The first-order valence-electron chi connectivity index (χ1n) is 17.5. The number of hydrogen-bond acceptors (Lipinski definition) is 10. The largest absolute Gasteiger partial charge is 0.447 e. The predicted octanol–water partition coefficient (Wildman–Crippen LogP) is 7.15. The molecule has 0 saturated heterocycles. The zero-order valence-corrected chi connectivity index (χ0v) is 31.5. The summed E-state index contributed by atoms with van der Waals surface area (Å²) in [7, 11) is 0. The molecule has 2 amide bonds. The van der Waals surface area contributed by atoms with Gasteiger partial charge >= 0.3 is 12.3 Å². The van der Waals surface area contributed by atoms with Crippen LogP contribution in [0, 0.1) is 11.2 Å². The second-order valence-corrected chi connectivity index (χ2v) is 15.6. The normalized spacial score (nSPS) is 20.2. The van der Waals surface area contributed by atoms with Crippen LogP contribution in [0.2, 0.25) is 5.02 Å². The number of rotatable bonds is 13. The number of nitrogens with two attached hydrogens (primary N) is 1. The Morgan fingerprint density at radius 3 is 2.45 bits per heavy atom. The minimum absolute atomic E-state index is 0.0114. The van der Waals surface area contributed by atoms with Gasteiger partial charge in [-0.25, -0.2) is 32.6 Å². The van der Waals surface area contributed by atoms with E-state index in [0.717, 1.165) is 34.8 Å². The number of nitrogens with one attached hydrogen (secondary N) is 1. The molecule has 2 saturated carbocycles. The fraction of sp³-hybridized carbons (Fsp3) is 0.472. The van der Waals surface area contributed by atoms with Crippen LogP contribution in [0.3, 0.4) is 0 Å². The number of hydrazone groups is 2. The zero-order valence-electron chi connectivity index (χ0n) is 30.7. The van der Waals surface area contributed by atoms with Crippen LogP contribution in [0.5, 0.6) is 0 Å². The van der Waals surface area contributed by atoms with Gasteiger partial charge in [0.05, 0.1) is 28.5 Å². The van der Waals surface area contributed by atoms with E-state index in [9.17, 15) is 31.5 Å². The molecule has 0 spiro atoms. The van der Waals surface area contributed by atoms with Crippen LogP contribution in [0.25, 0.3) is 5.69 Å². The Bertz CT molecular complexity index is 2090. The Morgan fingerprint density at radius 2 is 1.88 bits per heavy atom. The molecule has 2 heterocycles. The fourth-order valence-electron chi connectivity index (χ4n) is 6.68. The van der Waals surface area contributed by atoms with Crippen LogP contribution in [-0.2, 0) is 15.1 Å². The number of aromatic nitrogens is 3. The van der Waals surface area contributed by atoms with E-state index < -0.39 is 71.3 Å². The minimum Gasteiger partial charge on any atom is -0.447 e. The van der Waals surface area contributed by atoms with Crippen molar-refractivity contribution in [2.24, 2.45) is 26.3 Å². The molecular formula is C36H39ClF6N10O3. The Morgan fingerprint density at radius 1 is 1.18 bits per heavy atom. The number of aliphatic imine (C=N–C) groups is 1. The van der Waals surface area contributed by atoms with Gasteiger partial charge in [-0.1, -0.05) is 44.5 Å². The third kappa shape index (κ3) is 7.90. The van der Waals surface area contributed by atoms with Gasteiger partial charge in [0.1, 0.15) is 24.3 Å².